The average Bonchev–Trinajstić information content (AvgIpc) is 3.44. The number of benzene rings is 1. The van der Waals surface area contributed by atoms with Crippen LogP contribution < -0.4 is 0 Å². The number of nitrogens with zero attached hydrogens (tertiary/aromatic N) is 2. The monoisotopic (exact) mass is 360 g/mol. The van der Waals surface area contributed by atoms with E-state index in [-0.39, 0.29) is 11.5 Å². The molecule has 1 spiro atoms. The molecular formula is C21H29FN2O2. The molecule has 26 heavy (non-hydrogen) atoms. The molecule has 1 aromatic rings. The van der Waals surface area contributed by atoms with Gasteiger partial charge in [0.05, 0.1) is 12.1 Å². The van der Waals surface area contributed by atoms with Crippen LogP contribution in [-0.2, 0) is 16.0 Å². The van der Waals surface area contributed by atoms with Crippen LogP contribution in [0.4, 0.5) is 4.39 Å². The molecule has 1 saturated carbocycles. The third-order valence-corrected chi connectivity index (χ3v) is 6.05. The fourth-order valence-electron chi connectivity index (χ4n) is 4.44. The number of hydrogen-bond acceptors (Lipinski definition) is 3. The normalized spacial score (nSPS) is 26.9. The van der Waals surface area contributed by atoms with E-state index in [1.165, 1.54) is 0 Å². The van der Waals surface area contributed by atoms with Crippen LogP contribution in [0.2, 0.25) is 0 Å². The molecule has 0 N–H and O–H groups in total. The summed E-state index contributed by atoms with van der Waals surface area (Å²) in [7, 11) is 0. The predicted octanol–water partition coefficient (Wildman–Crippen LogP) is 3.16. The second kappa shape index (κ2) is 6.61. The zero-order chi connectivity index (χ0) is 18.4. The van der Waals surface area contributed by atoms with Crippen molar-refractivity contribution in [3.63, 3.8) is 0 Å². The van der Waals surface area contributed by atoms with Gasteiger partial charge in [-0.05, 0) is 45.1 Å². The summed E-state index contributed by atoms with van der Waals surface area (Å²) in [5.41, 5.74) is -0.0636. The second-order valence-corrected chi connectivity index (χ2v) is 8.62. The maximum absolute atomic E-state index is 14.8. The van der Waals surface area contributed by atoms with Gasteiger partial charge in [0.15, 0.2) is 6.30 Å². The van der Waals surface area contributed by atoms with E-state index < -0.39 is 11.9 Å². The summed E-state index contributed by atoms with van der Waals surface area (Å²) in [4.78, 5) is 16.6. The number of carbonyl (C=O) groups is 1. The smallest absolute Gasteiger partial charge is 0.254 e. The summed E-state index contributed by atoms with van der Waals surface area (Å²) in [6.45, 7) is 5.79. The Labute approximate surface area is 155 Å². The van der Waals surface area contributed by atoms with E-state index in [4.69, 9.17) is 4.74 Å². The fourth-order valence-corrected chi connectivity index (χ4v) is 4.44. The van der Waals surface area contributed by atoms with Crippen LogP contribution in [0.3, 0.4) is 0 Å². The molecule has 142 valence electrons. The van der Waals surface area contributed by atoms with E-state index in [0.29, 0.717) is 32.1 Å². The molecule has 4 nitrogen and oxygen atoms in total. The Balaban J connectivity index is 1.40. The molecule has 3 aliphatic rings. The van der Waals surface area contributed by atoms with E-state index in [0.717, 1.165) is 31.2 Å². The molecule has 1 amide bonds. The van der Waals surface area contributed by atoms with Gasteiger partial charge in [-0.15, -0.1) is 0 Å². The van der Waals surface area contributed by atoms with Crippen molar-refractivity contribution in [1.29, 1.82) is 0 Å². The molecule has 1 aromatic carbocycles. The summed E-state index contributed by atoms with van der Waals surface area (Å²) in [5, 5.41) is 0. The van der Waals surface area contributed by atoms with Crippen molar-refractivity contribution in [3.05, 3.63) is 35.9 Å². The van der Waals surface area contributed by atoms with Crippen molar-refractivity contribution >= 4 is 5.91 Å². The first-order chi connectivity index (χ1) is 12.4. The van der Waals surface area contributed by atoms with Crippen LogP contribution in [0.15, 0.2) is 30.3 Å². The van der Waals surface area contributed by atoms with Crippen LogP contribution in [0, 0.1) is 0 Å². The third kappa shape index (κ3) is 3.52. The standard InChI is InChI=1S/C21H29FN2O2/c1-20(2)19(25)24(17-8-9-17)15-21(26-20)10-12-23(13-11-21)18(22)14-16-6-4-3-5-7-16/h3-7,17-18H,8-15H2,1-2H3. The Morgan fingerprint density at radius 3 is 2.46 bits per heavy atom. The highest BCUT2D eigenvalue weighted by atomic mass is 19.1. The van der Waals surface area contributed by atoms with Gasteiger partial charge in [-0.3, -0.25) is 9.69 Å². The molecule has 0 aromatic heterocycles. The van der Waals surface area contributed by atoms with Crippen molar-refractivity contribution in [2.24, 2.45) is 0 Å². The number of halogens is 1. The molecule has 2 aliphatic heterocycles. The minimum Gasteiger partial charge on any atom is -0.357 e. The highest BCUT2D eigenvalue weighted by Crippen LogP contribution is 2.41. The zero-order valence-electron chi connectivity index (χ0n) is 15.8. The van der Waals surface area contributed by atoms with E-state index in [1.54, 1.807) is 0 Å². The fraction of sp³-hybridized carbons (Fsp3) is 0.667. The molecule has 0 bridgehead atoms. The Hall–Kier alpha value is -1.46. The van der Waals surface area contributed by atoms with Gasteiger partial charge in [0.1, 0.15) is 5.60 Å². The Bertz CT molecular complexity index is 651. The van der Waals surface area contributed by atoms with Gasteiger partial charge in [0.2, 0.25) is 0 Å². The maximum atomic E-state index is 14.8. The highest BCUT2D eigenvalue weighted by molar-refractivity contribution is 5.86. The Morgan fingerprint density at radius 2 is 1.85 bits per heavy atom. The number of carbonyl (C=O) groups excluding carboxylic acids is 1. The van der Waals surface area contributed by atoms with Crippen LogP contribution in [0.5, 0.6) is 0 Å². The number of alkyl halides is 1. The maximum Gasteiger partial charge on any atom is 0.254 e. The van der Waals surface area contributed by atoms with Gasteiger partial charge in [-0.25, -0.2) is 4.39 Å². The Kier molecular flexibility index (Phi) is 4.56. The summed E-state index contributed by atoms with van der Waals surface area (Å²) in [6.07, 6.45) is 3.23. The molecule has 4 rings (SSSR count). The van der Waals surface area contributed by atoms with Crippen molar-refractivity contribution in [3.8, 4) is 0 Å². The van der Waals surface area contributed by atoms with Crippen LogP contribution in [0.25, 0.3) is 0 Å². The molecule has 3 fully saturated rings. The summed E-state index contributed by atoms with van der Waals surface area (Å²) in [5.74, 6) is 0.112. The summed E-state index contributed by atoms with van der Waals surface area (Å²) in [6, 6.07) is 10.2. The zero-order valence-corrected chi connectivity index (χ0v) is 15.8. The van der Waals surface area contributed by atoms with Gasteiger partial charge in [-0.1, -0.05) is 30.3 Å². The summed E-state index contributed by atoms with van der Waals surface area (Å²) >= 11 is 0. The third-order valence-electron chi connectivity index (χ3n) is 6.05. The lowest BCUT2D eigenvalue weighted by atomic mass is 9.86. The minimum atomic E-state index is -0.965. The van der Waals surface area contributed by atoms with E-state index in [2.05, 4.69) is 0 Å². The molecule has 2 heterocycles. The number of morpholine rings is 1. The second-order valence-electron chi connectivity index (χ2n) is 8.62. The van der Waals surface area contributed by atoms with Crippen LogP contribution in [0.1, 0.15) is 45.1 Å². The van der Waals surface area contributed by atoms with E-state index >= 15 is 0 Å². The number of rotatable bonds is 4. The van der Waals surface area contributed by atoms with Gasteiger partial charge in [-0.2, -0.15) is 0 Å². The van der Waals surface area contributed by atoms with Gasteiger partial charge < -0.3 is 9.64 Å². The minimum absolute atomic E-state index is 0.112. The first-order valence-corrected chi connectivity index (χ1v) is 9.82. The molecule has 1 unspecified atom stereocenters. The van der Waals surface area contributed by atoms with Crippen molar-refractivity contribution < 1.29 is 13.9 Å². The van der Waals surface area contributed by atoms with Crippen molar-refractivity contribution in [2.45, 2.75) is 69.5 Å². The average molecular weight is 360 g/mol. The Morgan fingerprint density at radius 1 is 1.19 bits per heavy atom. The van der Waals surface area contributed by atoms with Gasteiger partial charge in [0, 0.05) is 25.6 Å². The topological polar surface area (TPSA) is 32.8 Å². The number of amides is 1. The lowest BCUT2D eigenvalue weighted by Crippen LogP contribution is -2.66. The SMILES string of the molecule is CC1(C)OC2(CCN(C(F)Cc3ccccc3)CC2)CN(C2CC2)C1=O. The predicted molar refractivity (Wildman–Crippen MR) is 98.5 cm³/mol. The number of piperidine rings is 1. The molecule has 1 atom stereocenters. The quantitative estimate of drug-likeness (QED) is 0.774. The van der Waals surface area contributed by atoms with Crippen LogP contribution in [-0.4, -0.2) is 58.9 Å². The molecule has 0 radical (unpaired) electrons. The van der Waals surface area contributed by atoms with E-state index in [9.17, 15) is 9.18 Å². The first-order valence-electron chi connectivity index (χ1n) is 9.82. The summed E-state index contributed by atoms with van der Waals surface area (Å²) < 4.78 is 21.1. The van der Waals surface area contributed by atoms with Crippen molar-refractivity contribution in [1.82, 2.24) is 9.80 Å². The van der Waals surface area contributed by atoms with Gasteiger partial charge >= 0.3 is 0 Å². The van der Waals surface area contributed by atoms with Crippen LogP contribution >= 0.6 is 0 Å². The molecular weight excluding hydrogens is 331 g/mol. The number of ether oxygens (including phenoxy) is 1. The largest absolute Gasteiger partial charge is 0.357 e. The molecule has 2 saturated heterocycles. The van der Waals surface area contributed by atoms with Crippen molar-refractivity contribution in [2.75, 3.05) is 19.6 Å². The van der Waals surface area contributed by atoms with Gasteiger partial charge in [0.25, 0.3) is 5.91 Å². The van der Waals surface area contributed by atoms with E-state index in [1.807, 2.05) is 54.0 Å². The first kappa shape index (κ1) is 17.9. The highest BCUT2D eigenvalue weighted by Gasteiger charge is 2.53. The lowest BCUT2D eigenvalue weighted by molar-refractivity contribution is -0.219. The number of hydrogen-bond donors (Lipinski definition) is 0. The lowest BCUT2D eigenvalue weighted by Gasteiger charge is -2.52. The molecule has 5 heteroatoms. The molecule has 1 aliphatic carbocycles. The number of likely N-dealkylation sites (tertiary alicyclic amines) is 1.